The van der Waals surface area contributed by atoms with E-state index in [1.807, 2.05) is 0 Å². The van der Waals surface area contributed by atoms with Gasteiger partial charge in [-0.2, -0.15) is 0 Å². The molecule has 0 aromatic carbocycles. The van der Waals surface area contributed by atoms with Gasteiger partial charge in [-0.3, -0.25) is 0 Å². The van der Waals surface area contributed by atoms with Crippen LogP contribution in [0, 0.1) is 10.8 Å². The molecule has 7 heterocycles. The molecule has 0 radical (unpaired) electrons. The molecule has 144 valence electrons. The minimum Gasteiger partial charge on any atom is -0.349 e. The van der Waals surface area contributed by atoms with Crippen LogP contribution in [-0.2, 0) is 18.9 Å². The van der Waals surface area contributed by atoms with Crippen molar-refractivity contribution < 1.29 is 24.3 Å². The highest BCUT2D eigenvalue weighted by atomic mass is 127. The third-order valence-electron chi connectivity index (χ3n) is 6.32. The zero-order chi connectivity index (χ0) is 17.7. The Hall–Kier alpha value is 2.72. The van der Waals surface area contributed by atoms with E-state index in [0.717, 1.165) is 26.1 Å². The molecule has 6 unspecified atom stereocenters. The van der Waals surface area contributed by atoms with Crippen molar-refractivity contribution in [2.45, 2.75) is 54.3 Å². The molecule has 7 rings (SSSR count). The van der Waals surface area contributed by atoms with Gasteiger partial charge in [-0.15, -0.1) is 0 Å². The zero-order valence-corrected chi connectivity index (χ0v) is 22.5. The first kappa shape index (κ1) is 21.0. The maximum Gasteiger partial charge on any atom is 0.168 e. The molecule has 7 aliphatic rings. The Bertz CT molecular complexity index is 417. The van der Waals surface area contributed by atoms with E-state index >= 15 is 0 Å². The average molecular weight is 802 g/mol. The van der Waals surface area contributed by atoms with Gasteiger partial charge in [0.15, 0.2) is 12.6 Å². The van der Waals surface area contributed by atoms with Crippen LogP contribution in [0.15, 0.2) is 0 Å². The van der Waals surface area contributed by atoms with Gasteiger partial charge in [-0.25, -0.2) is 0 Å². The fraction of sp³-hybridized carbons (Fsp3) is 1.00. The van der Waals surface area contributed by atoms with Crippen molar-refractivity contribution in [3.63, 3.8) is 0 Å². The van der Waals surface area contributed by atoms with Crippen LogP contribution < -0.4 is 5.32 Å². The van der Waals surface area contributed by atoms with Crippen LogP contribution in [0.25, 0.3) is 0 Å². The second kappa shape index (κ2) is 8.46. The summed E-state index contributed by atoms with van der Waals surface area (Å²) in [4.78, 5) is 0. The number of nitrogens with two attached hydrogens (primary N) is 1. The van der Waals surface area contributed by atoms with E-state index in [1.165, 1.54) is 25.9 Å². The van der Waals surface area contributed by atoms with Gasteiger partial charge in [-0.05, 0) is 12.8 Å². The molecular weight excluding hydrogens is 778 g/mol. The number of quaternary nitrogens is 1. The second-order valence-corrected chi connectivity index (χ2v) is 17.2. The molecular formula is C16H24I4NO4+. The SMILES string of the molecule is C1CC[NH2+]C1.IC(I)C1(CCC2(C(I)I)C3COC2O3)C2COC1O2. The van der Waals surface area contributed by atoms with Crippen molar-refractivity contribution in [1.29, 1.82) is 0 Å². The quantitative estimate of drug-likeness (QED) is 0.344. The van der Waals surface area contributed by atoms with Gasteiger partial charge in [0.05, 0.1) is 53.2 Å². The molecule has 9 heteroatoms. The van der Waals surface area contributed by atoms with Crippen LogP contribution in [0.3, 0.4) is 0 Å². The highest BCUT2D eigenvalue weighted by Gasteiger charge is 2.70. The van der Waals surface area contributed by atoms with E-state index in [-0.39, 0.29) is 35.6 Å². The maximum atomic E-state index is 5.78. The minimum atomic E-state index is 0.00443. The molecule has 25 heavy (non-hydrogen) atoms. The van der Waals surface area contributed by atoms with Crippen molar-refractivity contribution in [2.75, 3.05) is 26.3 Å². The lowest BCUT2D eigenvalue weighted by Gasteiger charge is -2.53. The first-order valence-corrected chi connectivity index (χ1v) is 13.9. The fourth-order valence-electron chi connectivity index (χ4n) is 4.51. The van der Waals surface area contributed by atoms with E-state index in [9.17, 15) is 0 Å². The molecule has 7 aliphatic heterocycles. The Morgan fingerprint density at radius 2 is 1.24 bits per heavy atom. The number of halogens is 4. The number of fused-ring (bicyclic) bond motifs is 2. The van der Waals surface area contributed by atoms with Crippen molar-refractivity contribution in [3.05, 3.63) is 0 Å². The summed E-state index contributed by atoms with van der Waals surface area (Å²) in [5.41, 5.74) is 0.372. The number of alkyl halides is 4. The zero-order valence-electron chi connectivity index (χ0n) is 13.8. The Morgan fingerprint density at radius 3 is 1.44 bits per heavy atom. The van der Waals surface area contributed by atoms with Crippen LogP contribution in [0.1, 0.15) is 25.7 Å². The van der Waals surface area contributed by atoms with Gasteiger partial charge < -0.3 is 24.3 Å². The molecule has 0 saturated carbocycles. The van der Waals surface area contributed by atoms with Crippen LogP contribution in [-0.4, -0.2) is 55.0 Å². The summed E-state index contributed by atoms with van der Waals surface area (Å²) >= 11 is 10.1. The van der Waals surface area contributed by atoms with E-state index in [0.29, 0.717) is 3.86 Å². The van der Waals surface area contributed by atoms with Gasteiger partial charge in [0.1, 0.15) is 0 Å². The molecule has 0 spiro atoms. The minimum absolute atomic E-state index is 0.00443. The lowest BCUT2D eigenvalue weighted by atomic mass is 9.69. The van der Waals surface area contributed by atoms with Gasteiger partial charge in [-0.1, -0.05) is 90.4 Å². The number of hydrogen-bond acceptors (Lipinski definition) is 4. The number of hydrogen-bond donors (Lipinski definition) is 1. The molecule has 0 amide bonds. The molecule has 0 aliphatic carbocycles. The molecule has 7 fully saturated rings. The Balaban J connectivity index is 0.000000272. The topological polar surface area (TPSA) is 53.5 Å². The van der Waals surface area contributed by atoms with Crippen molar-refractivity contribution >= 4 is 90.4 Å². The third kappa shape index (κ3) is 3.46. The first-order chi connectivity index (χ1) is 12.0. The summed E-state index contributed by atoms with van der Waals surface area (Å²) in [5.74, 6) is 0. The van der Waals surface area contributed by atoms with Gasteiger partial charge >= 0.3 is 0 Å². The average Bonchev–Trinajstić information content (AvgIpc) is 3.34. The lowest BCUT2D eigenvalue weighted by molar-refractivity contribution is -0.635. The molecule has 7 saturated heterocycles. The highest BCUT2D eigenvalue weighted by molar-refractivity contribution is 14.2. The largest absolute Gasteiger partial charge is 0.349 e. The van der Waals surface area contributed by atoms with Gasteiger partial charge in [0.25, 0.3) is 0 Å². The number of ether oxygens (including phenoxy) is 4. The summed E-state index contributed by atoms with van der Waals surface area (Å²) in [6.45, 7) is 4.27. The molecule has 0 aromatic rings. The van der Waals surface area contributed by atoms with E-state index in [1.54, 1.807) is 0 Å². The van der Waals surface area contributed by atoms with Gasteiger partial charge in [0.2, 0.25) is 0 Å². The van der Waals surface area contributed by atoms with E-state index < -0.39 is 0 Å². The van der Waals surface area contributed by atoms with Gasteiger partial charge in [0, 0.05) is 12.8 Å². The normalized spacial score (nSPS) is 46.8. The Morgan fingerprint density at radius 1 is 0.800 bits per heavy atom. The lowest BCUT2D eigenvalue weighted by Crippen LogP contribution is -2.80. The monoisotopic (exact) mass is 802 g/mol. The highest BCUT2D eigenvalue weighted by Crippen LogP contribution is 2.63. The summed E-state index contributed by atoms with van der Waals surface area (Å²) in [5, 5.41) is 2.36. The van der Waals surface area contributed by atoms with Crippen molar-refractivity contribution in [3.8, 4) is 0 Å². The van der Waals surface area contributed by atoms with Crippen LogP contribution in [0.4, 0.5) is 0 Å². The maximum absolute atomic E-state index is 5.78. The second-order valence-electron chi connectivity index (χ2n) is 7.48. The van der Waals surface area contributed by atoms with E-state index in [2.05, 4.69) is 95.7 Å². The molecule has 2 N–H and O–H groups in total. The molecule has 4 bridgehead atoms. The van der Waals surface area contributed by atoms with Crippen LogP contribution >= 0.6 is 90.4 Å². The molecule has 6 atom stereocenters. The molecule has 5 nitrogen and oxygen atoms in total. The van der Waals surface area contributed by atoms with Crippen molar-refractivity contribution in [2.24, 2.45) is 10.8 Å². The van der Waals surface area contributed by atoms with Crippen LogP contribution in [0.2, 0.25) is 0 Å². The van der Waals surface area contributed by atoms with Crippen LogP contribution in [0.5, 0.6) is 0 Å². The third-order valence-corrected chi connectivity index (χ3v) is 11.0. The summed E-state index contributed by atoms with van der Waals surface area (Å²) in [7, 11) is 0. The fourth-order valence-corrected chi connectivity index (χ4v) is 8.53. The summed E-state index contributed by atoms with van der Waals surface area (Å²) < 4.78 is 24.1. The summed E-state index contributed by atoms with van der Waals surface area (Å²) in [6.07, 6.45) is 5.74. The predicted molar refractivity (Wildman–Crippen MR) is 128 cm³/mol. The standard InChI is InChI=1S/C12H14I4O4.C4H9N/c13-7(14)11(5-3-17-9(11)19-5)1-2-12(8(15)16)6-4-18-10(12)20-6;1-2-4-5-3-1/h5-10H,1-4H2;5H,1-4H2/p+1. The summed E-state index contributed by atoms with van der Waals surface area (Å²) in [6, 6.07) is 0. The smallest absolute Gasteiger partial charge is 0.168 e. The molecule has 0 aromatic heterocycles. The number of rotatable bonds is 5. The Labute approximate surface area is 203 Å². The predicted octanol–water partition coefficient (Wildman–Crippen LogP) is 2.99. The van der Waals surface area contributed by atoms with E-state index in [4.69, 9.17) is 18.9 Å². The Kier molecular flexibility index (Phi) is 7.09. The first-order valence-electron chi connectivity index (χ1n) is 8.94. The van der Waals surface area contributed by atoms with Crippen molar-refractivity contribution in [1.82, 2.24) is 0 Å².